The van der Waals surface area contributed by atoms with E-state index >= 15 is 0 Å². The number of carbonyl (C=O) groups excluding carboxylic acids is 1. The number of hydrogen-bond donors (Lipinski definition) is 1. The molecule has 1 heterocycles. The second kappa shape index (κ2) is 6.24. The van der Waals surface area contributed by atoms with Gasteiger partial charge in [-0.25, -0.2) is 4.39 Å². The zero-order chi connectivity index (χ0) is 17.2. The first-order valence-corrected chi connectivity index (χ1v) is 7.94. The van der Waals surface area contributed by atoms with Crippen LogP contribution in [0.1, 0.15) is 10.4 Å². The first-order chi connectivity index (χ1) is 12.2. The van der Waals surface area contributed by atoms with Crippen LogP contribution in [-0.4, -0.2) is 10.5 Å². The summed E-state index contributed by atoms with van der Waals surface area (Å²) in [5.41, 5.74) is 3.21. The van der Waals surface area contributed by atoms with Crippen molar-refractivity contribution in [3.63, 3.8) is 0 Å². The Bertz CT molecular complexity index is 1040. The number of amides is 1. The molecular weight excluding hydrogens is 315 g/mol. The third-order valence-electron chi connectivity index (χ3n) is 4.09. The summed E-state index contributed by atoms with van der Waals surface area (Å²) in [6, 6.07) is 23.2. The monoisotopic (exact) mass is 330 g/mol. The minimum absolute atomic E-state index is 0.143. The Labute approximate surface area is 144 Å². The molecule has 0 radical (unpaired) electrons. The smallest absolute Gasteiger partial charge is 0.255 e. The number of halogens is 1. The number of hydrogen-bond acceptors (Lipinski definition) is 1. The minimum atomic E-state index is -0.246. The number of nitrogens with one attached hydrogen (secondary N) is 1. The highest BCUT2D eigenvalue weighted by Crippen LogP contribution is 2.22. The highest BCUT2D eigenvalue weighted by atomic mass is 19.1. The molecule has 3 aromatic carbocycles. The third-order valence-corrected chi connectivity index (χ3v) is 4.09. The van der Waals surface area contributed by atoms with Gasteiger partial charge in [0.05, 0.1) is 5.52 Å². The van der Waals surface area contributed by atoms with Crippen LogP contribution in [0.4, 0.5) is 10.1 Å². The lowest BCUT2D eigenvalue weighted by molar-refractivity contribution is 0.102. The van der Waals surface area contributed by atoms with Gasteiger partial charge in [0, 0.05) is 28.5 Å². The van der Waals surface area contributed by atoms with Crippen molar-refractivity contribution in [3.05, 3.63) is 96.4 Å². The van der Waals surface area contributed by atoms with Crippen molar-refractivity contribution in [3.8, 4) is 5.69 Å². The van der Waals surface area contributed by atoms with Crippen LogP contribution in [0.2, 0.25) is 0 Å². The minimum Gasteiger partial charge on any atom is -0.322 e. The van der Waals surface area contributed by atoms with Crippen molar-refractivity contribution in [2.24, 2.45) is 0 Å². The molecule has 25 heavy (non-hydrogen) atoms. The Kier molecular flexibility index (Phi) is 3.78. The van der Waals surface area contributed by atoms with E-state index in [9.17, 15) is 9.18 Å². The fourth-order valence-corrected chi connectivity index (χ4v) is 2.84. The molecule has 0 aliphatic rings. The maximum absolute atomic E-state index is 13.3. The summed E-state index contributed by atoms with van der Waals surface area (Å²) in [7, 11) is 0. The molecule has 122 valence electrons. The maximum atomic E-state index is 13.3. The molecule has 1 amide bonds. The first-order valence-electron chi connectivity index (χ1n) is 7.94. The summed E-state index contributed by atoms with van der Waals surface area (Å²) in [5, 5.41) is 3.73. The van der Waals surface area contributed by atoms with Crippen LogP contribution in [0.3, 0.4) is 0 Å². The van der Waals surface area contributed by atoms with Crippen molar-refractivity contribution in [1.29, 1.82) is 0 Å². The standard InChI is InChI=1S/C21H15FN2O/c22-17-6-11-20-16(14-17)12-13-24(20)19-9-7-18(8-10-19)23-21(25)15-4-2-1-3-5-15/h1-14H,(H,23,25). The number of anilines is 1. The number of rotatable bonds is 3. The molecule has 0 saturated carbocycles. The van der Waals surface area contributed by atoms with E-state index in [-0.39, 0.29) is 11.7 Å². The first kappa shape index (κ1) is 15.1. The topological polar surface area (TPSA) is 34.0 Å². The zero-order valence-electron chi connectivity index (χ0n) is 13.3. The third kappa shape index (κ3) is 3.02. The van der Waals surface area contributed by atoms with Crippen LogP contribution in [0.25, 0.3) is 16.6 Å². The zero-order valence-corrected chi connectivity index (χ0v) is 13.3. The fraction of sp³-hybridized carbons (Fsp3) is 0. The van der Waals surface area contributed by atoms with E-state index in [0.717, 1.165) is 22.3 Å². The molecule has 0 spiro atoms. The van der Waals surface area contributed by atoms with Crippen molar-refractivity contribution < 1.29 is 9.18 Å². The predicted octanol–water partition coefficient (Wildman–Crippen LogP) is 5.02. The van der Waals surface area contributed by atoms with E-state index in [1.165, 1.54) is 12.1 Å². The average Bonchev–Trinajstić information content (AvgIpc) is 3.06. The molecule has 1 aromatic heterocycles. The molecule has 0 atom stereocenters. The summed E-state index contributed by atoms with van der Waals surface area (Å²) in [4.78, 5) is 12.2. The number of fused-ring (bicyclic) bond motifs is 1. The van der Waals surface area contributed by atoms with Crippen LogP contribution >= 0.6 is 0 Å². The number of aromatic nitrogens is 1. The summed E-state index contributed by atoms with van der Waals surface area (Å²) in [6.07, 6.45) is 1.90. The van der Waals surface area contributed by atoms with Gasteiger partial charge in [-0.05, 0) is 60.7 Å². The fourth-order valence-electron chi connectivity index (χ4n) is 2.84. The molecular formula is C21H15FN2O. The molecule has 0 bridgehead atoms. The van der Waals surface area contributed by atoms with Crippen LogP contribution < -0.4 is 5.32 Å². The highest BCUT2D eigenvalue weighted by Gasteiger charge is 2.07. The maximum Gasteiger partial charge on any atom is 0.255 e. The molecule has 1 N–H and O–H groups in total. The van der Waals surface area contributed by atoms with Gasteiger partial charge < -0.3 is 9.88 Å². The SMILES string of the molecule is O=C(Nc1ccc(-n2ccc3cc(F)ccc32)cc1)c1ccccc1. The lowest BCUT2D eigenvalue weighted by Gasteiger charge is -2.09. The summed E-state index contributed by atoms with van der Waals surface area (Å²) in [6.45, 7) is 0. The normalized spacial score (nSPS) is 10.8. The van der Waals surface area contributed by atoms with E-state index in [0.29, 0.717) is 5.56 Å². The Morgan fingerprint density at radius 2 is 1.64 bits per heavy atom. The van der Waals surface area contributed by atoms with Gasteiger partial charge in [0.2, 0.25) is 0 Å². The molecule has 4 aromatic rings. The molecule has 0 fully saturated rings. The number of benzene rings is 3. The lowest BCUT2D eigenvalue weighted by Crippen LogP contribution is -2.11. The predicted molar refractivity (Wildman–Crippen MR) is 97.6 cm³/mol. The van der Waals surface area contributed by atoms with E-state index in [1.54, 1.807) is 18.2 Å². The van der Waals surface area contributed by atoms with Gasteiger partial charge in [-0.15, -0.1) is 0 Å². The van der Waals surface area contributed by atoms with Gasteiger partial charge in [0.15, 0.2) is 0 Å². The Morgan fingerprint density at radius 1 is 0.880 bits per heavy atom. The second-order valence-electron chi connectivity index (χ2n) is 5.76. The van der Waals surface area contributed by atoms with Crippen molar-refractivity contribution in [1.82, 2.24) is 4.57 Å². The summed E-state index contributed by atoms with van der Waals surface area (Å²) in [5.74, 6) is -0.389. The Hall–Kier alpha value is -3.40. The number of carbonyl (C=O) groups is 1. The van der Waals surface area contributed by atoms with Crippen molar-refractivity contribution in [2.45, 2.75) is 0 Å². The Balaban J connectivity index is 1.58. The van der Waals surface area contributed by atoms with E-state index < -0.39 is 0 Å². The van der Waals surface area contributed by atoms with Crippen LogP contribution in [0.15, 0.2) is 85.1 Å². The van der Waals surface area contributed by atoms with Gasteiger partial charge in [-0.3, -0.25) is 4.79 Å². The molecule has 3 nitrogen and oxygen atoms in total. The van der Waals surface area contributed by atoms with Gasteiger partial charge in [0.25, 0.3) is 5.91 Å². The van der Waals surface area contributed by atoms with Crippen LogP contribution in [0, 0.1) is 5.82 Å². The molecule has 4 heteroatoms. The van der Waals surface area contributed by atoms with E-state index in [2.05, 4.69) is 5.32 Å². The average molecular weight is 330 g/mol. The Morgan fingerprint density at radius 3 is 2.40 bits per heavy atom. The van der Waals surface area contributed by atoms with Gasteiger partial charge in [-0.1, -0.05) is 18.2 Å². The summed E-state index contributed by atoms with van der Waals surface area (Å²) < 4.78 is 15.3. The number of nitrogens with zero attached hydrogens (tertiary/aromatic N) is 1. The van der Waals surface area contributed by atoms with Crippen molar-refractivity contribution in [2.75, 3.05) is 5.32 Å². The van der Waals surface area contributed by atoms with Gasteiger partial charge in [-0.2, -0.15) is 0 Å². The van der Waals surface area contributed by atoms with E-state index in [4.69, 9.17) is 0 Å². The molecule has 0 aliphatic carbocycles. The van der Waals surface area contributed by atoms with Crippen LogP contribution in [0.5, 0.6) is 0 Å². The molecule has 0 aliphatic heterocycles. The largest absolute Gasteiger partial charge is 0.322 e. The van der Waals surface area contributed by atoms with Gasteiger partial charge >= 0.3 is 0 Å². The lowest BCUT2D eigenvalue weighted by atomic mass is 10.2. The van der Waals surface area contributed by atoms with Crippen LogP contribution in [-0.2, 0) is 0 Å². The summed E-state index contributed by atoms with van der Waals surface area (Å²) >= 11 is 0. The quantitative estimate of drug-likeness (QED) is 0.562. The molecule has 0 unspecified atom stereocenters. The second-order valence-corrected chi connectivity index (χ2v) is 5.76. The highest BCUT2D eigenvalue weighted by molar-refractivity contribution is 6.04. The molecule has 0 saturated heterocycles. The van der Waals surface area contributed by atoms with E-state index in [1.807, 2.05) is 59.3 Å². The molecule has 4 rings (SSSR count). The van der Waals surface area contributed by atoms with Crippen molar-refractivity contribution >= 4 is 22.5 Å². The van der Waals surface area contributed by atoms with Gasteiger partial charge in [0.1, 0.15) is 5.82 Å².